The van der Waals surface area contributed by atoms with Crippen molar-refractivity contribution < 1.29 is 4.79 Å². The summed E-state index contributed by atoms with van der Waals surface area (Å²) in [4.78, 5) is 36.6. The molecule has 3 aliphatic rings. The van der Waals surface area contributed by atoms with Crippen LogP contribution in [0.2, 0.25) is 0 Å². The summed E-state index contributed by atoms with van der Waals surface area (Å²) < 4.78 is 1.65. The van der Waals surface area contributed by atoms with E-state index in [1.165, 1.54) is 16.8 Å². The maximum absolute atomic E-state index is 13.7. The third-order valence-electron chi connectivity index (χ3n) is 8.14. The molecule has 4 heterocycles. The normalized spacial score (nSPS) is 28.1. The zero-order valence-electron chi connectivity index (χ0n) is 19.4. The molecule has 6 rings (SSSR count). The van der Waals surface area contributed by atoms with Gasteiger partial charge in [0.1, 0.15) is 18.0 Å². The molecule has 1 amide bonds. The topological polar surface area (TPSA) is 58.4 Å². The van der Waals surface area contributed by atoms with E-state index >= 15 is 0 Å². The largest absolute Gasteiger partial charge is 0.353 e. The van der Waals surface area contributed by atoms with Gasteiger partial charge in [0.25, 0.3) is 5.56 Å². The average molecular weight is 429 g/mol. The van der Waals surface area contributed by atoms with Crippen LogP contribution in [0.3, 0.4) is 0 Å². The van der Waals surface area contributed by atoms with E-state index in [0.29, 0.717) is 5.39 Å². The SMILES string of the molecule is Cc1ccc2c(c1)[C@]1(C)C[C@H]3c4nc5cc(C)c(C)cc5c(=O)n4[C@H](C)C(=O)N3[C@@H]1N2C. The first kappa shape index (κ1) is 19.5. The van der Waals surface area contributed by atoms with Gasteiger partial charge in [-0.15, -0.1) is 0 Å². The Morgan fingerprint density at radius 1 is 1.06 bits per heavy atom. The Hall–Kier alpha value is -3.15. The van der Waals surface area contributed by atoms with Crippen LogP contribution in [0.25, 0.3) is 10.9 Å². The van der Waals surface area contributed by atoms with Gasteiger partial charge in [-0.3, -0.25) is 14.2 Å². The Kier molecular flexibility index (Phi) is 3.66. The van der Waals surface area contributed by atoms with Gasteiger partial charge in [-0.1, -0.05) is 24.6 Å². The highest BCUT2D eigenvalue weighted by molar-refractivity contribution is 5.86. The van der Waals surface area contributed by atoms with Crippen LogP contribution in [-0.4, -0.2) is 33.6 Å². The highest BCUT2D eigenvalue weighted by Gasteiger charge is 2.61. The fourth-order valence-corrected chi connectivity index (χ4v) is 6.39. The minimum atomic E-state index is -0.576. The Bertz CT molecular complexity index is 1410. The molecule has 0 radical (unpaired) electrons. The van der Waals surface area contributed by atoms with Crippen LogP contribution in [0.1, 0.15) is 60.4 Å². The minimum Gasteiger partial charge on any atom is -0.353 e. The Balaban J connectivity index is 1.61. The summed E-state index contributed by atoms with van der Waals surface area (Å²) >= 11 is 0. The molecule has 0 saturated carbocycles. The number of hydrogen-bond acceptors (Lipinski definition) is 4. The molecule has 1 aromatic heterocycles. The number of hydrogen-bond donors (Lipinski definition) is 0. The number of amides is 1. The summed E-state index contributed by atoms with van der Waals surface area (Å²) in [5.74, 6) is 0.718. The number of carbonyl (C=O) groups is 1. The average Bonchev–Trinajstić information content (AvgIpc) is 3.17. The standard InChI is InChI=1S/C26H28N4O2/c1-13-7-8-20-18(9-13)26(5)12-21-22-27-19-11-15(3)14(2)10-17(19)24(32)29(22)16(4)23(31)30(21)25(26)28(20)6/h7-11,16,21,25H,12H2,1-6H3/t16-,21+,25+,26+/m1/s1. The molecule has 0 bridgehead atoms. The van der Waals surface area contributed by atoms with Gasteiger partial charge in [-0.25, -0.2) is 4.98 Å². The van der Waals surface area contributed by atoms with E-state index in [1.54, 1.807) is 4.57 Å². The highest BCUT2D eigenvalue weighted by Crippen LogP contribution is 2.58. The molecule has 0 N–H and O–H groups in total. The van der Waals surface area contributed by atoms with Crippen LogP contribution < -0.4 is 10.5 Å². The lowest BCUT2D eigenvalue weighted by atomic mass is 9.79. The lowest BCUT2D eigenvalue weighted by Gasteiger charge is -2.41. The molecular formula is C26H28N4O2. The molecule has 6 nitrogen and oxygen atoms in total. The zero-order valence-corrected chi connectivity index (χ0v) is 19.4. The summed E-state index contributed by atoms with van der Waals surface area (Å²) in [5, 5.41) is 0.590. The Morgan fingerprint density at radius 3 is 2.53 bits per heavy atom. The van der Waals surface area contributed by atoms with Crippen molar-refractivity contribution in [1.29, 1.82) is 0 Å². The molecule has 32 heavy (non-hydrogen) atoms. The van der Waals surface area contributed by atoms with Crippen molar-refractivity contribution in [2.24, 2.45) is 0 Å². The number of fused-ring (bicyclic) bond motifs is 8. The predicted octanol–water partition coefficient (Wildman–Crippen LogP) is 3.90. The van der Waals surface area contributed by atoms with E-state index in [9.17, 15) is 9.59 Å². The van der Waals surface area contributed by atoms with E-state index in [4.69, 9.17) is 4.98 Å². The van der Waals surface area contributed by atoms with Crippen molar-refractivity contribution in [3.8, 4) is 0 Å². The second-order valence-electron chi connectivity index (χ2n) is 10.2. The minimum absolute atomic E-state index is 0.000290. The number of anilines is 1. The molecule has 3 aromatic rings. The second kappa shape index (κ2) is 6.00. The number of aromatic nitrogens is 2. The van der Waals surface area contributed by atoms with Crippen molar-refractivity contribution in [3.63, 3.8) is 0 Å². The van der Waals surface area contributed by atoms with E-state index in [-0.39, 0.29) is 29.1 Å². The van der Waals surface area contributed by atoms with Crippen LogP contribution in [0.5, 0.6) is 0 Å². The van der Waals surface area contributed by atoms with E-state index in [1.807, 2.05) is 37.8 Å². The number of benzene rings is 2. The summed E-state index contributed by atoms with van der Waals surface area (Å²) in [6.45, 7) is 10.2. The molecule has 0 spiro atoms. The molecule has 1 saturated heterocycles. The van der Waals surface area contributed by atoms with Gasteiger partial charge < -0.3 is 9.80 Å². The number of aryl methyl sites for hydroxylation is 3. The Labute approximate surface area is 187 Å². The summed E-state index contributed by atoms with van der Waals surface area (Å²) in [6, 6.07) is 9.67. The molecule has 6 heteroatoms. The lowest BCUT2D eigenvalue weighted by molar-refractivity contribution is -0.140. The number of nitrogens with zero attached hydrogens (tertiary/aromatic N) is 4. The fourth-order valence-electron chi connectivity index (χ4n) is 6.39. The number of rotatable bonds is 0. The number of carbonyl (C=O) groups excluding carboxylic acids is 1. The summed E-state index contributed by atoms with van der Waals surface area (Å²) in [6.07, 6.45) is 0.667. The first-order chi connectivity index (χ1) is 15.1. The third-order valence-corrected chi connectivity index (χ3v) is 8.14. The van der Waals surface area contributed by atoms with Crippen LogP contribution in [-0.2, 0) is 10.2 Å². The summed E-state index contributed by atoms with van der Waals surface area (Å²) in [7, 11) is 2.08. The zero-order chi connectivity index (χ0) is 22.7. The van der Waals surface area contributed by atoms with Crippen molar-refractivity contribution >= 4 is 22.5 Å². The van der Waals surface area contributed by atoms with E-state index < -0.39 is 6.04 Å². The molecule has 0 unspecified atom stereocenters. The van der Waals surface area contributed by atoms with Gasteiger partial charge >= 0.3 is 0 Å². The van der Waals surface area contributed by atoms with Gasteiger partial charge in [0.2, 0.25) is 5.91 Å². The third kappa shape index (κ3) is 2.17. The Morgan fingerprint density at radius 2 is 1.78 bits per heavy atom. The summed E-state index contributed by atoms with van der Waals surface area (Å²) in [5.41, 5.74) is 6.24. The number of likely N-dealkylation sites (N-methyl/N-ethyl adjacent to an activating group) is 1. The van der Waals surface area contributed by atoms with Crippen LogP contribution in [0, 0.1) is 20.8 Å². The van der Waals surface area contributed by atoms with Crippen molar-refractivity contribution in [2.45, 2.75) is 64.7 Å². The molecule has 4 atom stereocenters. The smallest absolute Gasteiger partial charge is 0.262 e. The molecular weight excluding hydrogens is 400 g/mol. The quantitative estimate of drug-likeness (QED) is 0.545. The van der Waals surface area contributed by atoms with E-state index in [0.717, 1.165) is 28.9 Å². The van der Waals surface area contributed by atoms with Gasteiger partial charge in [0, 0.05) is 18.2 Å². The fraction of sp³-hybridized carbons (Fsp3) is 0.423. The molecule has 0 aliphatic carbocycles. The van der Waals surface area contributed by atoms with Gasteiger partial charge in [-0.2, -0.15) is 0 Å². The molecule has 164 valence electrons. The lowest BCUT2D eigenvalue weighted by Crippen LogP contribution is -2.55. The monoisotopic (exact) mass is 428 g/mol. The van der Waals surface area contributed by atoms with Gasteiger partial charge in [0.05, 0.1) is 16.9 Å². The van der Waals surface area contributed by atoms with Crippen molar-refractivity contribution in [2.75, 3.05) is 11.9 Å². The molecule has 3 aliphatic heterocycles. The van der Waals surface area contributed by atoms with Crippen LogP contribution in [0.15, 0.2) is 35.1 Å². The van der Waals surface area contributed by atoms with Gasteiger partial charge in [0.15, 0.2) is 0 Å². The second-order valence-corrected chi connectivity index (χ2v) is 10.2. The maximum atomic E-state index is 13.7. The van der Waals surface area contributed by atoms with E-state index in [2.05, 4.69) is 44.0 Å². The predicted molar refractivity (Wildman–Crippen MR) is 125 cm³/mol. The maximum Gasteiger partial charge on any atom is 0.262 e. The van der Waals surface area contributed by atoms with Gasteiger partial charge in [-0.05, 0) is 69.0 Å². The molecule has 1 fully saturated rings. The first-order valence-corrected chi connectivity index (χ1v) is 11.3. The first-order valence-electron chi connectivity index (χ1n) is 11.3. The molecule has 2 aromatic carbocycles. The highest BCUT2D eigenvalue weighted by atomic mass is 16.2. The van der Waals surface area contributed by atoms with Crippen molar-refractivity contribution in [1.82, 2.24) is 14.5 Å². The van der Waals surface area contributed by atoms with Crippen LogP contribution >= 0.6 is 0 Å². The van der Waals surface area contributed by atoms with Crippen LogP contribution in [0.4, 0.5) is 5.69 Å². The van der Waals surface area contributed by atoms with Crippen molar-refractivity contribution in [3.05, 3.63) is 68.8 Å².